The smallest absolute Gasteiger partial charge is 0.157 e. The minimum atomic E-state index is 0.496. The Kier molecular flexibility index (Phi) is 5.03. The van der Waals surface area contributed by atoms with Crippen LogP contribution in [-0.4, -0.2) is 54.1 Å². The molecule has 5 nitrogen and oxygen atoms in total. The third-order valence-corrected chi connectivity index (χ3v) is 5.43. The summed E-state index contributed by atoms with van der Waals surface area (Å²) in [6, 6.07) is 0.788. The molecule has 1 saturated carbocycles. The molecule has 122 valence electrons. The molecule has 0 unspecified atom stereocenters. The molecular weight excluding hydrogens is 298 g/mol. The second-order valence-corrected chi connectivity index (χ2v) is 6.91. The molecule has 3 rings (SSSR count). The second kappa shape index (κ2) is 7.01. The van der Waals surface area contributed by atoms with Crippen molar-refractivity contribution in [3.05, 3.63) is 11.5 Å². The third-order valence-electron chi connectivity index (χ3n) is 5.15. The topological polar surface area (TPSA) is 44.3 Å². The van der Waals surface area contributed by atoms with Crippen LogP contribution in [0.25, 0.3) is 0 Å². The van der Waals surface area contributed by atoms with Crippen molar-refractivity contribution in [2.24, 2.45) is 5.92 Å². The van der Waals surface area contributed by atoms with Gasteiger partial charge in [-0.05, 0) is 31.6 Å². The summed E-state index contributed by atoms with van der Waals surface area (Å²) in [5, 5.41) is 3.62. The molecule has 1 N–H and O–H groups in total. The molecule has 1 aromatic rings. The lowest BCUT2D eigenvalue weighted by atomic mass is 9.86. The molecule has 0 radical (unpaired) electrons. The number of nitrogens with zero attached hydrogens (tertiary/aromatic N) is 4. The number of piperazine rings is 1. The van der Waals surface area contributed by atoms with E-state index in [1.54, 1.807) is 6.33 Å². The Balaban J connectivity index is 1.61. The first-order chi connectivity index (χ1) is 10.7. The summed E-state index contributed by atoms with van der Waals surface area (Å²) in [5.41, 5.74) is 0.837. The maximum Gasteiger partial charge on any atom is 0.157 e. The Labute approximate surface area is 138 Å². The van der Waals surface area contributed by atoms with E-state index in [1.807, 2.05) is 7.05 Å². The molecule has 0 aromatic carbocycles. The Morgan fingerprint density at radius 1 is 1.09 bits per heavy atom. The number of halogens is 1. The van der Waals surface area contributed by atoms with Gasteiger partial charge in [-0.1, -0.05) is 18.5 Å². The lowest BCUT2D eigenvalue weighted by Gasteiger charge is -2.42. The fourth-order valence-corrected chi connectivity index (χ4v) is 3.94. The maximum absolute atomic E-state index is 6.16. The van der Waals surface area contributed by atoms with Crippen molar-refractivity contribution in [1.29, 1.82) is 0 Å². The normalized spacial score (nSPS) is 27.0. The first kappa shape index (κ1) is 15.8. The highest BCUT2D eigenvalue weighted by molar-refractivity contribution is 6.32. The van der Waals surface area contributed by atoms with Crippen LogP contribution in [0.1, 0.15) is 32.6 Å². The number of rotatable bonds is 3. The molecule has 1 aromatic heterocycles. The number of hydrogen-bond donors (Lipinski definition) is 1. The van der Waals surface area contributed by atoms with Crippen molar-refractivity contribution in [2.45, 2.75) is 38.6 Å². The molecular formula is C16H26ClN5. The predicted molar refractivity (Wildman–Crippen MR) is 91.8 cm³/mol. The molecule has 1 aliphatic carbocycles. The molecule has 0 atom stereocenters. The highest BCUT2D eigenvalue weighted by atomic mass is 35.5. The van der Waals surface area contributed by atoms with Gasteiger partial charge in [-0.25, -0.2) is 9.97 Å². The molecule has 2 aliphatic rings. The minimum absolute atomic E-state index is 0.496. The molecule has 0 amide bonds. The lowest BCUT2D eigenvalue weighted by Crippen LogP contribution is -2.51. The van der Waals surface area contributed by atoms with Crippen LogP contribution < -0.4 is 10.2 Å². The van der Waals surface area contributed by atoms with Crippen molar-refractivity contribution in [2.75, 3.05) is 43.4 Å². The molecule has 0 bridgehead atoms. The van der Waals surface area contributed by atoms with Crippen molar-refractivity contribution in [1.82, 2.24) is 14.9 Å². The van der Waals surface area contributed by atoms with Crippen LogP contribution >= 0.6 is 11.6 Å². The molecule has 2 fully saturated rings. The molecule has 0 spiro atoms. The van der Waals surface area contributed by atoms with Crippen LogP contribution in [0.15, 0.2) is 6.33 Å². The number of nitrogens with one attached hydrogen (secondary N) is 1. The number of anilines is 2. The van der Waals surface area contributed by atoms with Gasteiger partial charge in [0.15, 0.2) is 11.0 Å². The van der Waals surface area contributed by atoms with E-state index in [0.29, 0.717) is 5.15 Å². The van der Waals surface area contributed by atoms with Crippen molar-refractivity contribution in [3.8, 4) is 0 Å². The van der Waals surface area contributed by atoms with Gasteiger partial charge in [0, 0.05) is 39.3 Å². The summed E-state index contributed by atoms with van der Waals surface area (Å²) in [5.74, 6) is 1.85. The fourth-order valence-electron chi connectivity index (χ4n) is 3.72. The van der Waals surface area contributed by atoms with Crippen LogP contribution in [0.5, 0.6) is 0 Å². The van der Waals surface area contributed by atoms with Crippen molar-refractivity contribution < 1.29 is 0 Å². The van der Waals surface area contributed by atoms with E-state index in [1.165, 1.54) is 25.7 Å². The summed E-state index contributed by atoms with van der Waals surface area (Å²) in [4.78, 5) is 13.5. The van der Waals surface area contributed by atoms with Gasteiger partial charge in [-0.15, -0.1) is 0 Å². The lowest BCUT2D eigenvalue weighted by molar-refractivity contribution is 0.132. The van der Waals surface area contributed by atoms with E-state index in [2.05, 4.69) is 32.0 Å². The summed E-state index contributed by atoms with van der Waals surface area (Å²) >= 11 is 6.16. The Bertz CT molecular complexity index is 493. The molecule has 22 heavy (non-hydrogen) atoms. The first-order valence-corrected chi connectivity index (χ1v) is 8.74. The highest BCUT2D eigenvalue weighted by Gasteiger charge is 2.28. The van der Waals surface area contributed by atoms with E-state index in [4.69, 9.17) is 11.6 Å². The van der Waals surface area contributed by atoms with Gasteiger partial charge >= 0.3 is 0 Å². The van der Waals surface area contributed by atoms with E-state index in [-0.39, 0.29) is 0 Å². The average Bonchev–Trinajstić information content (AvgIpc) is 2.55. The predicted octanol–water partition coefficient (Wildman–Crippen LogP) is 2.87. The zero-order valence-electron chi connectivity index (χ0n) is 13.6. The van der Waals surface area contributed by atoms with E-state index in [9.17, 15) is 0 Å². The zero-order chi connectivity index (χ0) is 15.5. The molecule has 1 saturated heterocycles. The number of hydrogen-bond acceptors (Lipinski definition) is 5. The zero-order valence-corrected chi connectivity index (χ0v) is 14.3. The Hall–Kier alpha value is -1.07. The van der Waals surface area contributed by atoms with Crippen LogP contribution in [-0.2, 0) is 0 Å². The molecule has 1 aliphatic heterocycles. The van der Waals surface area contributed by atoms with E-state index >= 15 is 0 Å². The highest BCUT2D eigenvalue weighted by Crippen LogP contribution is 2.31. The van der Waals surface area contributed by atoms with Gasteiger partial charge < -0.3 is 10.2 Å². The minimum Gasteiger partial charge on any atom is -0.383 e. The number of aromatic nitrogens is 2. The van der Waals surface area contributed by atoms with Gasteiger partial charge in [0.05, 0.1) is 0 Å². The maximum atomic E-state index is 6.16. The van der Waals surface area contributed by atoms with E-state index < -0.39 is 0 Å². The van der Waals surface area contributed by atoms with Crippen LogP contribution in [0.4, 0.5) is 11.5 Å². The average molecular weight is 324 g/mol. The monoisotopic (exact) mass is 323 g/mol. The van der Waals surface area contributed by atoms with Gasteiger partial charge in [0.2, 0.25) is 0 Å². The standard InChI is InChI=1S/C16H26ClN5/c1-12-3-5-13(6-4-12)21-7-9-22(10-8-21)16-14(18-2)15(17)19-11-20-16/h11-13,18H,3-10H2,1-2H3. The van der Waals surface area contributed by atoms with E-state index in [0.717, 1.165) is 49.6 Å². The SMILES string of the molecule is CNc1c(Cl)ncnc1N1CCN(C2CCC(C)CC2)CC1. The van der Waals surface area contributed by atoms with Crippen LogP contribution in [0, 0.1) is 5.92 Å². The third kappa shape index (κ3) is 3.30. The van der Waals surface area contributed by atoms with Gasteiger partial charge in [-0.2, -0.15) is 0 Å². The summed E-state index contributed by atoms with van der Waals surface area (Å²) in [7, 11) is 1.87. The van der Waals surface area contributed by atoms with Crippen LogP contribution in [0.3, 0.4) is 0 Å². The van der Waals surface area contributed by atoms with Crippen molar-refractivity contribution >= 4 is 23.1 Å². The Morgan fingerprint density at radius 3 is 2.41 bits per heavy atom. The largest absolute Gasteiger partial charge is 0.383 e. The summed E-state index contributed by atoms with van der Waals surface area (Å²) in [6.45, 7) is 6.63. The van der Waals surface area contributed by atoms with Gasteiger partial charge in [-0.3, -0.25) is 4.90 Å². The summed E-state index contributed by atoms with van der Waals surface area (Å²) < 4.78 is 0. The second-order valence-electron chi connectivity index (χ2n) is 6.55. The van der Waals surface area contributed by atoms with Crippen molar-refractivity contribution in [3.63, 3.8) is 0 Å². The Morgan fingerprint density at radius 2 is 1.77 bits per heavy atom. The first-order valence-electron chi connectivity index (χ1n) is 8.36. The molecule has 6 heteroatoms. The fraction of sp³-hybridized carbons (Fsp3) is 0.750. The van der Waals surface area contributed by atoms with Gasteiger partial charge in [0.1, 0.15) is 12.0 Å². The van der Waals surface area contributed by atoms with Gasteiger partial charge in [0.25, 0.3) is 0 Å². The molecule has 2 heterocycles. The quantitative estimate of drug-likeness (QED) is 0.867. The van der Waals surface area contributed by atoms with Crippen LogP contribution in [0.2, 0.25) is 5.15 Å². The summed E-state index contributed by atoms with van der Waals surface area (Å²) in [6.07, 6.45) is 7.05.